The number of nitrogens with zero attached hydrogens (tertiary/aromatic N) is 1. The summed E-state index contributed by atoms with van der Waals surface area (Å²) < 4.78 is 5.47. The number of morpholine rings is 1. The van der Waals surface area contributed by atoms with E-state index in [0.29, 0.717) is 0 Å². The molecule has 2 heterocycles. The van der Waals surface area contributed by atoms with Gasteiger partial charge in [0.15, 0.2) is 0 Å². The van der Waals surface area contributed by atoms with Crippen molar-refractivity contribution in [1.82, 2.24) is 15.3 Å². The Balaban J connectivity index is 2.04. The summed E-state index contributed by atoms with van der Waals surface area (Å²) >= 11 is 0. The highest BCUT2D eigenvalue weighted by atomic mass is 16.5. The quantitative estimate of drug-likeness (QED) is 0.600. The van der Waals surface area contributed by atoms with Crippen LogP contribution in [0, 0.1) is 0 Å². The number of hydrogen-bond donors (Lipinski definition) is 2. The van der Waals surface area contributed by atoms with Gasteiger partial charge in [0.1, 0.15) is 11.9 Å². The zero-order valence-corrected chi connectivity index (χ0v) is 6.21. The highest BCUT2D eigenvalue weighted by molar-refractivity contribution is 4.94. The second-order valence-corrected chi connectivity index (χ2v) is 2.54. The number of imidazole rings is 1. The van der Waals surface area contributed by atoms with Crippen LogP contribution in [0.15, 0.2) is 12.4 Å². The largest absolute Gasteiger partial charge is 0.368 e. The van der Waals surface area contributed by atoms with Gasteiger partial charge in [-0.25, -0.2) is 4.98 Å². The molecule has 1 aromatic heterocycles. The molecule has 4 heteroatoms. The van der Waals surface area contributed by atoms with Crippen LogP contribution in [0.1, 0.15) is 11.9 Å². The molecule has 2 N–H and O–H groups in total. The molecule has 11 heavy (non-hydrogen) atoms. The molecule has 1 unspecified atom stereocenters. The third-order valence-electron chi connectivity index (χ3n) is 1.75. The molecule has 0 aromatic carbocycles. The number of H-pyrrole nitrogens is 1. The first-order valence-electron chi connectivity index (χ1n) is 3.78. The summed E-state index contributed by atoms with van der Waals surface area (Å²) in [7, 11) is 0. The Hall–Kier alpha value is -0.870. The SMILES string of the molecule is c1c[nH]c(C2CNCCO2)n1. The molecule has 0 bridgehead atoms. The maximum Gasteiger partial charge on any atom is 0.136 e. The Labute approximate surface area is 65.0 Å². The number of ether oxygens (including phenoxy) is 1. The molecule has 0 radical (unpaired) electrons. The number of aromatic nitrogens is 2. The summed E-state index contributed by atoms with van der Waals surface area (Å²) in [6.45, 7) is 2.57. The predicted molar refractivity (Wildman–Crippen MR) is 40.2 cm³/mol. The van der Waals surface area contributed by atoms with Crippen LogP contribution in [0.4, 0.5) is 0 Å². The van der Waals surface area contributed by atoms with Crippen LogP contribution in [0.5, 0.6) is 0 Å². The van der Waals surface area contributed by atoms with E-state index in [1.165, 1.54) is 0 Å². The smallest absolute Gasteiger partial charge is 0.136 e. The van der Waals surface area contributed by atoms with E-state index in [4.69, 9.17) is 4.74 Å². The summed E-state index contributed by atoms with van der Waals surface area (Å²) in [6, 6.07) is 0. The summed E-state index contributed by atoms with van der Waals surface area (Å²) in [5.41, 5.74) is 0. The van der Waals surface area contributed by atoms with Gasteiger partial charge in [-0.3, -0.25) is 0 Å². The number of rotatable bonds is 1. The van der Waals surface area contributed by atoms with Crippen LogP contribution in [-0.4, -0.2) is 29.7 Å². The average molecular weight is 153 g/mol. The Morgan fingerprint density at radius 2 is 2.64 bits per heavy atom. The van der Waals surface area contributed by atoms with Crippen molar-refractivity contribution in [2.24, 2.45) is 0 Å². The van der Waals surface area contributed by atoms with Crippen molar-refractivity contribution in [2.45, 2.75) is 6.10 Å². The minimum absolute atomic E-state index is 0.110. The molecule has 0 amide bonds. The number of hydrogen-bond acceptors (Lipinski definition) is 3. The average Bonchev–Trinajstić information content (AvgIpc) is 2.58. The molecule has 1 saturated heterocycles. The molecular weight excluding hydrogens is 142 g/mol. The van der Waals surface area contributed by atoms with Gasteiger partial charge in [-0.05, 0) is 0 Å². The van der Waals surface area contributed by atoms with E-state index in [0.717, 1.165) is 25.5 Å². The first-order chi connectivity index (χ1) is 5.47. The van der Waals surface area contributed by atoms with Gasteiger partial charge in [-0.15, -0.1) is 0 Å². The maximum absolute atomic E-state index is 5.47. The minimum atomic E-state index is 0.110. The fraction of sp³-hybridized carbons (Fsp3) is 0.571. The summed E-state index contributed by atoms with van der Waals surface area (Å²) in [5, 5.41) is 3.24. The second kappa shape index (κ2) is 3.02. The van der Waals surface area contributed by atoms with Crippen LogP contribution in [0.25, 0.3) is 0 Å². The summed E-state index contributed by atoms with van der Waals surface area (Å²) in [4.78, 5) is 7.15. The predicted octanol–water partition coefficient (Wildman–Crippen LogP) is 0.0706. The van der Waals surface area contributed by atoms with E-state index in [9.17, 15) is 0 Å². The molecular formula is C7H11N3O. The first kappa shape index (κ1) is 6.82. The number of aromatic amines is 1. The van der Waals surface area contributed by atoms with E-state index in [-0.39, 0.29) is 6.10 Å². The minimum Gasteiger partial charge on any atom is -0.368 e. The molecule has 1 atom stereocenters. The Bertz CT molecular complexity index is 203. The van der Waals surface area contributed by atoms with Crippen molar-refractivity contribution in [2.75, 3.05) is 19.7 Å². The lowest BCUT2D eigenvalue weighted by Crippen LogP contribution is -2.33. The molecule has 1 aromatic rings. The first-order valence-corrected chi connectivity index (χ1v) is 3.78. The third kappa shape index (κ3) is 1.41. The Morgan fingerprint density at radius 3 is 3.27 bits per heavy atom. The molecule has 0 spiro atoms. The van der Waals surface area contributed by atoms with Crippen LogP contribution in [-0.2, 0) is 4.74 Å². The second-order valence-electron chi connectivity index (χ2n) is 2.54. The van der Waals surface area contributed by atoms with Gasteiger partial charge in [0.25, 0.3) is 0 Å². The summed E-state index contributed by atoms with van der Waals surface area (Å²) in [5.74, 6) is 0.914. The van der Waals surface area contributed by atoms with Crippen LogP contribution in [0.2, 0.25) is 0 Å². The normalized spacial score (nSPS) is 25.3. The molecule has 1 aliphatic rings. The molecule has 60 valence electrons. The van der Waals surface area contributed by atoms with Crippen molar-refractivity contribution in [3.05, 3.63) is 18.2 Å². The van der Waals surface area contributed by atoms with Crippen molar-refractivity contribution in [1.29, 1.82) is 0 Å². The Morgan fingerprint density at radius 1 is 1.64 bits per heavy atom. The lowest BCUT2D eigenvalue weighted by molar-refractivity contribution is 0.0226. The van der Waals surface area contributed by atoms with E-state index in [1.54, 1.807) is 6.20 Å². The van der Waals surface area contributed by atoms with Gasteiger partial charge in [-0.2, -0.15) is 0 Å². The maximum atomic E-state index is 5.47. The van der Waals surface area contributed by atoms with Gasteiger partial charge in [0, 0.05) is 25.5 Å². The fourth-order valence-corrected chi connectivity index (χ4v) is 1.19. The monoisotopic (exact) mass is 153 g/mol. The van der Waals surface area contributed by atoms with E-state index < -0.39 is 0 Å². The van der Waals surface area contributed by atoms with Gasteiger partial charge >= 0.3 is 0 Å². The van der Waals surface area contributed by atoms with Gasteiger partial charge in [-0.1, -0.05) is 0 Å². The molecule has 0 aliphatic carbocycles. The lowest BCUT2D eigenvalue weighted by Gasteiger charge is -2.21. The van der Waals surface area contributed by atoms with Gasteiger partial charge < -0.3 is 15.0 Å². The highest BCUT2D eigenvalue weighted by Crippen LogP contribution is 2.12. The Kier molecular flexibility index (Phi) is 1.87. The van der Waals surface area contributed by atoms with Crippen LogP contribution in [0.3, 0.4) is 0 Å². The van der Waals surface area contributed by atoms with Crippen LogP contribution >= 0.6 is 0 Å². The molecule has 1 fully saturated rings. The fourth-order valence-electron chi connectivity index (χ4n) is 1.19. The van der Waals surface area contributed by atoms with Crippen molar-refractivity contribution in [3.8, 4) is 0 Å². The summed E-state index contributed by atoms with van der Waals surface area (Å²) in [6.07, 6.45) is 3.67. The molecule has 0 saturated carbocycles. The third-order valence-corrected chi connectivity index (χ3v) is 1.75. The molecule has 2 rings (SSSR count). The zero-order valence-electron chi connectivity index (χ0n) is 6.21. The van der Waals surface area contributed by atoms with Gasteiger partial charge in [0.05, 0.1) is 6.61 Å². The van der Waals surface area contributed by atoms with Crippen LogP contribution < -0.4 is 5.32 Å². The van der Waals surface area contributed by atoms with Crippen molar-refractivity contribution < 1.29 is 4.74 Å². The van der Waals surface area contributed by atoms with Gasteiger partial charge in [0.2, 0.25) is 0 Å². The van der Waals surface area contributed by atoms with E-state index in [1.807, 2.05) is 6.20 Å². The van der Waals surface area contributed by atoms with Crippen molar-refractivity contribution in [3.63, 3.8) is 0 Å². The standard InChI is InChI=1S/C7H11N3O/c1-2-10-7(9-1)6-5-8-3-4-11-6/h1-2,6,8H,3-5H2,(H,9,10). The van der Waals surface area contributed by atoms with E-state index in [2.05, 4.69) is 15.3 Å². The molecule has 4 nitrogen and oxygen atoms in total. The van der Waals surface area contributed by atoms with Crippen molar-refractivity contribution >= 4 is 0 Å². The zero-order chi connectivity index (χ0) is 7.52. The molecule has 1 aliphatic heterocycles. The number of nitrogens with one attached hydrogen (secondary N) is 2. The highest BCUT2D eigenvalue weighted by Gasteiger charge is 2.16. The van der Waals surface area contributed by atoms with E-state index >= 15 is 0 Å². The lowest BCUT2D eigenvalue weighted by atomic mass is 10.3. The topological polar surface area (TPSA) is 49.9 Å².